The molecule has 0 amide bonds. The molecule has 0 saturated heterocycles. The first-order chi connectivity index (χ1) is 8.42. The molecule has 0 radical (unpaired) electrons. The van der Waals surface area contributed by atoms with Crippen molar-refractivity contribution in [3.05, 3.63) is 34.4 Å². The molecule has 1 aromatic rings. The minimum absolute atomic E-state index is 0.197. The van der Waals surface area contributed by atoms with Gasteiger partial charge in [0.1, 0.15) is 0 Å². The molecule has 1 aliphatic rings. The predicted octanol–water partition coefficient (Wildman–Crippen LogP) is 3.92. The van der Waals surface area contributed by atoms with Gasteiger partial charge in [-0.3, -0.25) is 0 Å². The van der Waals surface area contributed by atoms with E-state index in [1.54, 1.807) is 11.1 Å². The van der Waals surface area contributed by atoms with Gasteiger partial charge in [0, 0.05) is 0 Å². The maximum Gasteiger partial charge on any atom is 0.0515 e. The standard InChI is InChI=1S/C17H26O/c1-12-7-10-16-15(6-5-11-17(16,3)4)14(12)9-8-13(2)18/h7,10,13,18H,5-6,8-9,11H2,1-4H3. The van der Waals surface area contributed by atoms with Crippen molar-refractivity contribution >= 4 is 0 Å². The minimum atomic E-state index is -0.197. The summed E-state index contributed by atoms with van der Waals surface area (Å²) in [5.41, 5.74) is 6.33. The van der Waals surface area contributed by atoms with Crippen LogP contribution in [0.2, 0.25) is 0 Å². The van der Waals surface area contributed by atoms with Crippen LogP contribution in [0.15, 0.2) is 12.1 Å². The second-order valence-corrected chi connectivity index (χ2v) is 6.51. The molecule has 0 bridgehead atoms. The summed E-state index contributed by atoms with van der Waals surface area (Å²) in [6.07, 6.45) is 5.50. The number of aliphatic hydroxyl groups is 1. The Hall–Kier alpha value is -0.820. The lowest BCUT2D eigenvalue weighted by Gasteiger charge is -2.34. The van der Waals surface area contributed by atoms with E-state index in [0.717, 1.165) is 12.8 Å². The highest BCUT2D eigenvalue weighted by atomic mass is 16.3. The average Bonchev–Trinajstić information content (AvgIpc) is 2.26. The second-order valence-electron chi connectivity index (χ2n) is 6.51. The maximum absolute atomic E-state index is 9.51. The molecule has 1 unspecified atom stereocenters. The van der Waals surface area contributed by atoms with Gasteiger partial charge in [0.25, 0.3) is 0 Å². The summed E-state index contributed by atoms with van der Waals surface area (Å²) in [5, 5.41) is 9.51. The average molecular weight is 246 g/mol. The molecule has 1 N–H and O–H groups in total. The molecule has 0 heterocycles. The first-order valence-electron chi connectivity index (χ1n) is 7.22. The van der Waals surface area contributed by atoms with Crippen molar-refractivity contribution in [1.82, 2.24) is 0 Å². The van der Waals surface area contributed by atoms with E-state index in [9.17, 15) is 5.11 Å². The number of rotatable bonds is 3. The van der Waals surface area contributed by atoms with Crippen molar-refractivity contribution < 1.29 is 5.11 Å². The lowest BCUT2D eigenvalue weighted by atomic mass is 9.70. The third kappa shape index (κ3) is 2.61. The summed E-state index contributed by atoms with van der Waals surface area (Å²) in [5.74, 6) is 0. The molecule has 1 nitrogen and oxygen atoms in total. The van der Waals surface area contributed by atoms with Gasteiger partial charge in [0.2, 0.25) is 0 Å². The predicted molar refractivity (Wildman–Crippen MR) is 77.1 cm³/mol. The molecule has 0 aliphatic heterocycles. The summed E-state index contributed by atoms with van der Waals surface area (Å²) in [4.78, 5) is 0. The van der Waals surface area contributed by atoms with Gasteiger partial charge in [0.15, 0.2) is 0 Å². The molecule has 0 fully saturated rings. The zero-order valence-electron chi connectivity index (χ0n) is 12.2. The summed E-state index contributed by atoms with van der Waals surface area (Å²) in [6.45, 7) is 8.81. The third-order valence-electron chi connectivity index (χ3n) is 4.44. The lowest BCUT2D eigenvalue weighted by Crippen LogP contribution is -2.25. The fourth-order valence-electron chi connectivity index (χ4n) is 3.27. The van der Waals surface area contributed by atoms with Crippen molar-refractivity contribution in [1.29, 1.82) is 0 Å². The first kappa shape index (κ1) is 13.6. The van der Waals surface area contributed by atoms with Crippen LogP contribution in [0.25, 0.3) is 0 Å². The van der Waals surface area contributed by atoms with E-state index in [-0.39, 0.29) is 6.10 Å². The Morgan fingerprint density at radius 1 is 1.33 bits per heavy atom. The van der Waals surface area contributed by atoms with Crippen LogP contribution in [-0.2, 0) is 18.3 Å². The van der Waals surface area contributed by atoms with Crippen LogP contribution in [0.4, 0.5) is 0 Å². The largest absolute Gasteiger partial charge is 0.393 e. The SMILES string of the molecule is Cc1ccc2c(c1CCC(C)O)CCCC2(C)C. The highest BCUT2D eigenvalue weighted by Gasteiger charge is 2.28. The molecule has 2 rings (SSSR count). The van der Waals surface area contributed by atoms with Crippen LogP contribution in [0.5, 0.6) is 0 Å². The summed E-state index contributed by atoms with van der Waals surface area (Å²) >= 11 is 0. The molecular formula is C17H26O. The molecule has 1 atom stereocenters. The van der Waals surface area contributed by atoms with Crippen LogP contribution in [0, 0.1) is 6.92 Å². The summed E-state index contributed by atoms with van der Waals surface area (Å²) in [6, 6.07) is 4.60. The Bertz CT molecular complexity index is 429. The van der Waals surface area contributed by atoms with E-state index in [0.29, 0.717) is 5.41 Å². The summed E-state index contributed by atoms with van der Waals surface area (Å²) < 4.78 is 0. The number of fused-ring (bicyclic) bond motifs is 1. The molecule has 1 aliphatic carbocycles. The molecular weight excluding hydrogens is 220 g/mol. The van der Waals surface area contributed by atoms with Gasteiger partial charge in [-0.25, -0.2) is 0 Å². The molecule has 0 saturated carbocycles. The van der Waals surface area contributed by atoms with Gasteiger partial charge in [0.05, 0.1) is 6.10 Å². The van der Waals surface area contributed by atoms with Crippen LogP contribution >= 0.6 is 0 Å². The van der Waals surface area contributed by atoms with E-state index in [2.05, 4.69) is 32.9 Å². The van der Waals surface area contributed by atoms with E-state index in [1.165, 1.54) is 30.4 Å². The Labute approximate surface area is 111 Å². The molecule has 1 aromatic carbocycles. The zero-order chi connectivity index (χ0) is 13.3. The smallest absolute Gasteiger partial charge is 0.0515 e. The lowest BCUT2D eigenvalue weighted by molar-refractivity contribution is 0.184. The zero-order valence-corrected chi connectivity index (χ0v) is 12.2. The Morgan fingerprint density at radius 3 is 2.72 bits per heavy atom. The van der Waals surface area contributed by atoms with Crippen LogP contribution in [0.1, 0.15) is 62.3 Å². The van der Waals surface area contributed by atoms with Crippen molar-refractivity contribution in [2.24, 2.45) is 0 Å². The second kappa shape index (κ2) is 5.05. The number of hydrogen-bond donors (Lipinski definition) is 1. The van der Waals surface area contributed by atoms with Gasteiger partial charge in [-0.2, -0.15) is 0 Å². The summed E-state index contributed by atoms with van der Waals surface area (Å²) in [7, 11) is 0. The van der Waals surface area contributed by atoms with E-state index in [1.807, 2.05) is 6.92 Å². The van der Waals surface area contributed by atoms with Gasteiger partial charge in [-0.15, -0.1) is 0 Å². The monoisotopic (exact) mass is 246 g/mol. The maximum atomic E-state index is 9.51. The normalized spacial score (nSPS) is 19.4. The van der Waals surface area contributed by atoms with Crippen LogP contribution in [0.3, 0.4) is 0 Å². The van der Waals surface area contributed by atoms with Gasteiger partial charge < -0.3 is 5.11 Å². The number of hydrogen-bond acceptors (Lipinski definition) is 1. The van der Waals surface area contributed by atoms with Crippen molar-refractivity contribution in [2.45, 2.75) is 71.3 Å². The van der Waals surface area contributed by atoms with E-state index < -0.39 is 0 Å². The number of benzene rings is 1. The van der Waals surface area contributed by atoms with Crippen LogP contribution < -0.4 is 0 Å². The highest BCUT2D eigenvalue weighted by molar-refractivity contribution is 5.45. The van der Waals surface area contributed by atoms with E-state index in [4.69, 9.17) is 0 Å². The minimum Gasteiger partial charge on any atom is -0.393 e. The molecule has 1 heteroatoms. The third-order valence-corrected chi connectivity index (χ3v) is 4.44. The molecule has 18 heavy (non-hydrogen) atoms. The Balaban J connectivity index is 2.40. The van der Waals surface area contributed by atoms with Crippen molar-refractivity contribution in [2.75, 3.05) is 0 Å². The van der Waals surface area contributed by atoms with Crippen LogP contribution in [-0.4, -0.2) is 11.2 Å². The van der Waals surface area contributed by atoms with Gasteiger partial charge in [-0.05, 0) is 73.6 Å². The Morgan fingerprint density at radius 2 is 2.06 bits per heavy atom. The van der Waals surface area contributed by atoms with E-state index >= 15 is 0 Å². The number of aryl methyl sites for hydroxylation is 1. The van der Waals surface area contributed by atoms with Crippen molar-refractivity contribution in [3.63, 3.8) is 0 Å². The molecule has 0 aromatic heterocycles. The number of aliphatic hydroxyl groups excluding tert-OH is 1. The van der Waals surface area contributed by atoms with Gasteiger partial charge in [-0.1, -0.05) is 26.0 Å². The quantitative estimate of drug-likeness (QED) is 0.857. The molecule has 100 valence electrons. The fourth-order valence-corrected chi connectivity index (χ4v) is 3.27. The van der Waals surface area contributed by atoms with Gasteiger partial charge >= 0.3 is 0 Å². The first-order valence-corrected chi connectivity index (χ1v) is 7.22. The van der Waals surface area contributed by atoms with Crippen molar-refractivity contribution in [3.8, 4) is 0 Å². The fraction of sp³-hybridized carbons (Fsp3) is 0.647. The topological polar surface area (TPSA) is 20.2 Å². The molecule has 0 spiro atoms. The Kier molecular flexibility index (Phi) is 3.82. The highest BCUT2D eigenvalue weighted by Crippen LogP contribution is 2.39.